The van der Waals surface area contributed by atoms with Gasteiger partial charge in [0, 0.05) is 12.7 Å². The summed E-state index contributed by atoms with van der Waals surface area (Å²) in [5.74, 6) is 0.503. The fourth-order valence-electron chi connectivity index (χ4n) is 1.11. The number of hydrogen-bond donors (Lipinski definition) is 0. The number of rotatable bonds is 5. The first kappa shape index (κ1) is 12.7. The maximum absolute atomic E-state index is 11.3. The highest BCUT2D eigenvalue weighted by Gasteiger charge is 2.07. The molecule has 0 aliphatic rings. The van der Waals surface area contributed by atoms with Crippen molar-refractivity contribution in [3.63, 3.8) is 0 Å². The second-order valence-corrected chi connectivity index (χ2v) is 5.56. The lowest BCUT2D eigenvalue weighted by Crippen LogP contribution is -2.03. The smallest absolute Gasteiger partial charge is 0.175 e. The van der Waals surface area contributed by atoms with Gasteiger partial charge in [-0.15, -0.1) is 0 Å². The summed E-state index contributed by atoms with van der Waals surface area (Å²) >= 11 is 0. The van der Waals surface area contributed by atoms with Gasteiger partial charge in [0.05, 0.1) is 11.5 Å². The molecule has 0 aliphatic heterocycles. The highest BCUT2D eigenvalue weighted by Crippen LogP contribution is 2.17. The molecule has 0 atom stereocenters. The Hall–Kier alpha value is -1.36. The second-order valence-electron chi connectivity index (χ2n) is 3.55. The normalized spacial score (nSPS) is 11.1. The monoisotopic (exact) mass is 242 g/mol. The largest absolute Gasteiger partial charge is 0.493 e. The first-order valence-corrected chi connectivity index (χ1v) is 6.71. The molecule has 0 heterocycles. The third kappa shape index (κ3) is 4.02. The van der Waals surface area contributed by atoms with Gasteiger partial charge in [-0.3, -0.25) is 4.79 Å². The summed E-state index contributed by atoms with van der Waals surface area (Å²) in [5, 5.41) is 0. The van der Waals surface area contributed by atoms with Gasteiger partial charge in [0.1, 0.15) is 11.5 Å². The third-order valence-corrected chi connectivity index (χ3v) is 3.07. The molecule has 5 heteroatoms. The SMILES string of the molecule is CC(=O)CCOc1cccc(S(C)(=O)=O)c1. The van der Waals surface area contributed by atoms with E-state index < -0.39 is 9.84 Å². The van der Waals surface area contributed by atoms with Crippen LogP contribution in [0.15, 0.2) is 29.2 Å². The van der Waals surface area contributed by atoms with Crippen LogP contribution in [0.5, 0.6) is 5.75 Å². The topological polar surface area (TPSA) is 60.4 Å². The molecule has 0 aromatic heterocycles. The van der Waals surface area contributed by atoms with Crippen LogP contribution >= 0.6 is 0 Å². The minimum Gasteiger partial charge on any atom is -0.493 e. The van der Waals surface area contributed by atoms with Crippen molar-refractivity contribution >= 4 is 15.6 Å². The molecule has 0 amide bonds. The zero-order valence-electron chi connectivity index (χ0n) is 9.26. The van der Waals surface area contributed by atoms with Crippen LogP contribution in [0.1, 0.15) is 13.3 Å². The summed E-state index contributed by atoms with van der Waals surface area (Å²) < 4.78 is 27.8. The Balaban J connectivity index is 2.72. The van der Waals surface area contributed by atoms with Crippen LogP contribution in [-0.4, -0.2) is 27.1 Å². The minimum atomic E-state index is -3.21. The molecule has 0 N–H and O–H groups in total. The number of benzene rings is 1. The first-order chi connectivity index (χ1) is 7.39. The summed E-state index contributed by atoms with van der Waals surface area (Å²) in [4.78, 5) is 10.9. The molecule has 1 rings (SSSR count). The van der Waals surface area contributed by atoms with Gasteiger partial charge >= 0.3 is 0 Å². The molecule has 1 aromatic carbocycles. The van der Waals surface area contributed by atoms with Gasteiger partial charge in [0.25, 0.3) is 0 Å². The lowest BCUT2D eigenvalue weighted by Gasteiger charge is -2.06. The van der Waals surface area contributed by atoms with Crippen molar-refractivity contribution in [1.29, 1.82) is 0 Å². The van der Waals surface area contributed by atoms with Gasteiger partial charge in [-0.1, -0.05) is 6.07 Å². The van der Waals surface area contributed by atoms with Gasteiger partial charge in [-0.05, 0) is 25.1 Å². The summed E-state index contributed by atoms with van der Waals surface area (Å²) in [5.41, 5.74) is 0. The third-order valence-electron chi connectivity index (χ3n) is 1.96. The standard InChI is InChI=1S/C11H14O4S/c1-9(12)6-7-15-10-4-3-5-11(8-10)16(2,13)14/h3-5,8H,6-7H2,1-2H3. The molecular weight excluding hydrogens is 228 g/mol. The van der Waals surface area contributed by atoms with E-state index >= 15 is 0 Å². The van der Waals surface area contributed by atoms with Gasteiger partial charge < -0.3 is 4.74 Å². The van der Waals surface area contributed by atoms with Crippen molar-refractivity contribution in [1.82, 2.24) is 0 Å². The summed E-state index contributed by atoms with van der Waals surface area (Å²) in [6, 6.07) is 6.23. The number of ketones is 1. The van der Waals surface area contributed by atoms with Crippen molar-refractivity contribution in [3.8, 4) is 5.75 Å². The van der Waals surface area contributed by atoms with Crippen molar-refractivity contribution in [3.05, 3.63) is 24.3 Å². The number of carbonyl (C=O) groups excluding carboxylic acids is 1. The van der Waals surface area contributed by atoms with Crippen LogP contribution in [0.25, 0.3) is 0 Å². The van der Waals surface area contributed by atoms with Crippen molar-refractivity contribution in [2.24, 2.45) is 0 Å². The zero-order valence-corrected chi connectivity index (χ0v) is 10.1. The molecular formula is C11H14O4S. The quantitative estimate of drug-likeness (QED) is 0.784. The van der Waals surface area contributed by atoms with E-state index in [1.807, 2.05) is 0 Å². The fourth-order valence-corrected chi connectivity index (χ4v) is 1.76. The Labute approximate surface area is 95.2 Å². The highest BCUT2D eigenvalue weighted by molar-refractivity contribution is 7.90. The van der Waals surface area contributed by atoms with Crippen LogP contribution in [-0.2, 0) is 14.6 Å². The van der Waals surface area contributed by atoms with Gasteiger partial charge in [0.15, 0.2) is 9.84 Å². The molecule has 1 aromatic rings. The number of Topliss-reactive ketones (excluding diaryl/α,β-unsaturated/α-hetero) is 1. The fraction of sp³-hybridized carbons (Fsp3) is 0.364. The Morgan fingerprint density at radius 1 is 1.38 bits per heavy atom. The number of ether oxygens (including phenoxy) is 1. The number of sulfone groups is 1. The Morgan fingerprint density at radius 3 is 2.62 bits per heavy atom. The molecule has 0 saturated heterocycles. The van der Waals surface area contributed by atoms with Crippen LogP contribution < -0.4 is 4.74 Å². The molecule has 16 heavy (non-hydrogen) atoms. The average Bonchev–Trinajstić information content (AvgIpc) is 2.16. The molecule has 0 saturated carbocycles. The molecule has 0 aliphatic carbocycles. The number of carbonyl (C=O) groups is 1. The predicted molar refractivity (Wildman–Crippen MR) is 60.3 cm³/mol. The van der Waals surface area contributed by atoms with E-state index in [1.165, 1.54) is 19.1 Å². The summed E-state index contributed by atoms with van der Waals surface area (Å²) in [6.07, 6.45) is 1.46. The van der Waals surface area contributed by atoms with E-state index in [2.05, 4.69) is 0 Å². The van der Waals surface area contributed by atoms with Crippen molar-refractivity contribution < 1.29 is 17.9 Å². The maximum atomic E-state index is 11.3. The maximum Gasteiger partial charge on any atom is 0.175 e. The van der Waals surface area contributed by atoms with Crippen LogP contribution in [0.2, 0.25) is 0 Å². The average molecular weight is 242 g/mol. The van der Waals surface area contributed by atoms with E-state index in [-0.39, 0.29) is 17.3 Å². The van der Waals surface area contributed by atoms with E-state index in [0.717, 1.165) is 6.26 Å². The Bertz CT molecular complexity index is 477. The minimum absolute atomic E-state index is 0.0410. The second kappa shape index (κ2) is 5.12. The van der Waals surface area contributed by atoms with E-state index in [0.29, 0.717) is 12.2 Å². The van der Waals surface area contributed by atoms with Gasteiger partial charge in [-0.25, -0.2) is 8.42 Å². The summed E-state index contributed by atoms with van der Waals surface area (Å²) in [6.45, 7) is 1.75. The van der Waals surface area contributed by atoms with Crippen molar-refractivity contribution in [2.75, 3.05) is 12.9 Å². The molecule has 88 valence electrons. The molecule has 0 bridgehead atoms. The number of hydrogen-bond acceptors (Lipinski definition) is 4. The molecule has 0 fully saturated rings. The molecule has 4 nitrogen and oxygen atoms in total. The Kier molecular flexibility index (Phi) is 4.06. The zero-order chi connectivity index (χ0) is 12.2. The van der Waals surface area contributed by atoms with Crippen molar-refractivity contribution in [2.45, 2.75) is 18.2 Å². The van der Waals surface area contributed by atoms with Gasteiger partial charge in [0.2, 0.25) is 0 Å². The summed E-state index contributed by atoms with van der Waals surface area (Å²) in [7, 11) is -3.21. The molecule has 0 radical (unpaired) electrons. The van der Waals surface area contributed by atoms with Crippen LogP contribution in [0.3, 0.4) is 0 Å². The van der Waals surface area contributed by atoms with Crippen LogP contribution in [0.4, 0.5) is 0 Å². The first-order valence-electron chi connectivity index (χ1n) is 4.82. The lowest BCUT2D eigenvalue weighted by molar-refractivity contribution is -0.117. The molecule has 0 spiro atoms. The van der Waals surface area contributed by atoms with E-state index in [4.69, 9.17) is 4.74 Å². The lowest BCUT2D eigenvalue weighted by atomic mass is 10.3. The predicted octanol–water partition coefficient (Wildman–Crippen LogP) is 1.45. The Morgan fingerprint density at radius 2 is 2.06 bits per heavy atom. The highest BCUT2D eigenvalue weighted by atomic mass is 32.2. The van der Waals surface area contributed by atoms with E-state index in [1.54, 1.807) is 12.1 Å². The van der Waals surface area contributed by atoms with Gasteiger partial charge in [-0.2, -0.15) is 0 Å². The van der Waals surface area contributed by atoms with Crippen LogP contribution in [0, 0.1) is 0 Å². The van der Waals surface area contributed by atoms with E-state index in [9.17, 15) is 13.2 Å². The molecule has 0 unspecified atom stereocenters.